The summed E-state index contributed by atoms with van der Waals surface area (Å²) in [4.78, 5) is 14.4. The number of ketones is 1. The molecule has 1 heterocycles. The zero-order chi connectivity index (χ0) is 19.9. The SMILES string of the molecule is CCC(C)OCCOCCOCCOCCN1CCC(C(=O)C(C)C)CC1. The Hall–Kier alpha value is -0.530. The van der Waals surface area contributed by atoms with E-state index in [9.17, 15) is 4.79 Å². The molecule has 0 spiro atoms. The Kier molecular flexibility index (Phi) is 14.0. The minimum Gasteiger partial charge on any atom is -0.378 e. The first kappa shape index (κ1) is 24.5. The van der Waals surface area contributed by atoms with Crippen molar-refractivity contribution in [1.29, 1.82) is 0 Å². The van der Waals surface area contributed by atoms with Crippen molar-refractivity contribution in [3.05, 3.63) is 0 Å². The number of Topliss-reactive ketones (excluding diaryl/α,β-unsaturated/α-hetero) is 1. The summed E-state index contributed by atoms with van der Waals surface area (Å²) in [6, 6.07) is 0. The molecule has 0 N–H and O–H groups in total. The third-order valence-corrected chi connectivity index (χ3v) is 5.06. The maximum absolute atomic E-state index is 12.0. The van der Waals surface area contributed by atoms with Crippen molar-refractivity contribution in [2.75, 3.05) is 65.9 Å². The minimum atomic E-state index is 0.161. The van der Waals surface area contributed by atoms with Crippen molar-refractivity contribution < 1.29 is 23.7 Å². The number of carbonyl (C=O) groups excluding carboxylic acids is 1. The Morgan fingerprint density at radius 3 is 1.93 bits per heavy atom. The lowest BCUT2D eigenvalue weighted by Crippen LogP contribution is -2.39. The summed E-state index contributed by atoms with van der Waals surface area (Å²) in [6.07, 6.45) is 3.31. The van der Waals surface area contributed by atoms with Crippen molar-refractivity contribution >= 4 is 5.78 Å². The Morgan fingerprint density at radius 1 is 0.889 bits per heavy atom. The first-order valence-corrected chi connectivity index (χ1v) is 10.7. The average molecular weight is 388 g/mol. The van der Waals surface area contributed by atoms with Gasteiger partial charge in [-0.2, -0.15) is 0 Å². The lowest BCUT2D eigenvalue weighted by molar-refractivity contribution is -0.127. The van der Waals surface area contributed by atoms with Crippen molar-refractivity contribution in [3.63, 3.8) is 0 Å². The molecule has 160 valence electrons. The average Bonchev–Trinajstić information content (AvgIpc) is 2.68. The van der Waals surface area contributed by atoms with Gasteiger partial charge < -0.3 is 23.8 Å². The number of nitrogens with zero attached hydrogens (tertiary/aromatic N) is 1. The van der Waals surface area contributed by atoms with Crippen LogP contribution in [0.3, 0.4) is 0 Å². The van der Waals surface area contributed by atoms with Crippen LogP contribution in [-0.4, -0.2) is 82.7 Å². The van der Waals surface area contributed by atoms with Crippen LogP contribution in [0.25, 0.3) is 0 Å². The molecule has 1 unspecified atom stereocenters. The smallest absolute Gasteiger partial charge is 0.138 e. The fraction of sp³-hybridized carbons (Fsp3) is 0.952. The van der Waals surface area contributed by atoms with Gasteiger partial charge in [0.25, 0.3) is 0 Å². The largest absolute Gasteiger partial charge is 0.378 e. The molecule has 27 heavy (non-hydrogen) atoms. The molecule has 6 heteroatoms. The van der Waals surface area contributed by atoms with Gasteiger partial charge in [-0.05, 0) is 39.3 Å². The number of hydrogen-bond acceptors (Lipinski definition) is 6. The fourth-order valence-corrected chi connectivity index (χ4v) is 3.07. The van der Waals surface area contributed by atoms with Gasteiger partial charge in [0.05, 0.1) is 52.4 Å². The van der Waals surface area contributed by atoms with E-state index in [0.29, 0.717) is 51.5 Å². The normalized spacial score (nSPS) is 17.5. The van der Waals surface area contributed by atoms with Crippen molar-refractivity contribution in [3.8, 4) is 0 Å². The molecule has 0 radical (unpaired) electrons. The van der Waals surface area contributed by atoms with E-state index in [2.05, 4.69) is 18.7 Å². The lowest BCUT2D eigenvalue weighted by Gasteiger charge is -2.31. The zero-order valence-corrected chi connectivity index (χ0v) is 17.9. The molecule has 0 aromatic carbocycles. The minimum absolute atomic E-state index is 0.161. The summed E-state index contributed by atoms with van der Waals surface area (Å²) < 4.78 is 22.1. The Bertz CT molecular complexity index is 370. The first-order valence-electron chi connectivity index (χ1n) is 10.7. The fourth-order valence-electron chi connectivity index (χ4n) is 3.07. The maximum Gasteiger partial charge on any atom is 0.138 e. The van der Waals surface area contributed by atoms with Crippen molar-refractivity contribution in [1.82, 2.24) is 4.90 Å². The molecule has 0 aliphatic carbocycles. The van der Waals surface area contributed by atoms with E-state index in [4.69, 9.17) is 18.9 Å². The Morgan fingerprint density at radius 2 is 1.41 bits per heavy atom. The molecule has 1 fully saturated rings. The summed E-state index contributed by atoms with van der Waals surface area (Å²) in [6.45, 7) is 15.5. The van der Waals surface area contributed by atoms with Crippen LogP contribution < -0.4 is 0 Å². The molecule has 1 rings (SSSR count). The second kappa shape index (κ2) is 15.4. The van der Waals surface area contributed by atoms with Crippen LogP contribution >= 0.6 is 0 Å². The van der Waals surface area contributed by atoms with Crippen LogP contribution in [0.15, 0.2) is 0 Å². The van der Waals surface area contributed by atoms with E-state index in [-0.39, 0.29) is 11.8 Å². The molecule has 1 aliphatic heterocycles. The second-order valence-electron chi connectivity index (χ2n) is 7.60. The van der Waals surface area contributed by atoms with Crippen LogP contribution in [0.1, 0.15) is 47.0 Å². The molecule has 0 amide bonds. The molecule has 1 atom stereocenters. The van der Waals surface area contributed by atoms with Crippen LogP contribution in [0.5, 0.6) is 0 Å². The van der Waals surface area contributed by atoms with Gasteiger partial charge in [-0.25, -0.2) is 0 Å². The standard InChI is InChI=1S/C21H41NO5/c1-5-19(4)27-17-16-26-15-14-25-13-12-24-11-10-22-8-6-20(7-9-22)21(23)18(2)3/h18-20H,5-17H2,1-4H3. The quantitative estimate of drug-likeness (QED) is 0.380. The van der Waals surface area contributed by atoms with Gasteiger partial charge in [0.15, 0.2) is 0 Å². The zero-order valence-electron chi connectivity index (χ0n) is 17.9. The number of ether oxygens (including phenoxy) is 4. The Labute approximate surface area is 165 Å². The molecule has 0 bridgehead atoms. The molecule has 0 aromatic rings. The predicted molar refractivity (Wildman–Crippen MR) is 107 cm³/mol. The second-order valence-corrected chi connectivity index (χ2v) is 7.60. The van der Waals surface area contributed by atoms with E-state index < -0.39 is 0 Å². The monoisotopic (exact) mass is 387 g/mol. The van der Waals surface area contributed by atoms with Gasteiger partial charge in [0, 0.05) is 18.4 Å². The van der Waals surface area contributed by atoms with Gasteiger partial charge in [-0.3, -0.25) is 4.79 Å². The highest BCUT2D eigenvalue weighted by molar-refractivity contribution is 5.82. The van der Waals surface area contributed by atoms with Gasteiger partial charge in [-0.15, -0.1) is 0 Å². The molecule has 1 aliphatic rings. The summed E-state index contributed by atoms with van der Waals surface area (Å²) in [5.41, 5.74) is 0. The number of rotatable bonds is 16. The van der Waals surface area contributed by atoms with Crippen LogP contribution in [0.4, 0.5) is 0 Å². The van der Waals surface area contributed by atoms with Gasteiger partial charge in [-0.1, -0.05) is 20.8 Å². The Balaban J connectivity index is 1.84. The maximum atomic E-state index is 12.0. The third kappa shape index (κ3) is 11.8. The topological polar surface area (TPSA) is 57.2 Å². The van der Waals surface area contributed by atoms with E-state index in [1.807, 2.05) is 13.8 Å². The number of carbonyl (C=O) groups is 1. The van der Waals surface area contributed by atoms with Gasteiger partial charge >= 0.3 is 0 Å². The first-order chi connectivity index (χ1) is 13.0. The van der Waals surface area contributed by atoms with E-state index in [0.717, 1.165) is 45.5 Å². The molecular formula is C21H41NO5. The predicted octanol–water partition coefficient (Wildman–Crippen LogP) is 2.79. The highest BCUT2D eigenvalue weighted by atomic mass is 16.6. The molecule has 0 aromatic heterocycles. The molecule has 1 saturated heterocycles. The molecular weight excluding hydrogens is 346 g/mol. The van der Waals surface area contributed by atoms with Crippen LogP contribution in [-0.2, 0) is 23.7 Å². The highest BCUT2D eigenvalue weighted by Crippen LogP contribution is 2.20. The molecule has 0 saturated carbocycles. The van der Waals surface area contributed by atoms with Crippen LogP contribution in [0.2, 0.25) is 0 Å². The summed E-state index contributed by atoms with van der Waals surface area (Å²) in [7, 11) is 0. The van der Waals surface area contributed by atoms with E-state index >= 15 is 0 Å². The van der Waals surface area contributed by atoms with E-state index in [1.54, 1.807) is 0 Å². The third-order valence-electron chi connectivity index (χ3n) is 5.06. The van der Waals surface area contributed by atoms with Crippen LogP contribution in [0, 0.1) is 11.8 Å². The summed E-state index contributed by atoms with van der Waals surface area (Å²) in [5.74, 6) is 0.850. The number of hydrogen-bond donors (Lipinski definition) is 0. The lowest BCUT2D eigenvalue weighted by atomic mass is 9.87. The van der Waals surface area contributed by atoms with E-state index in [1.165, 1.54) is 0 Å². The highest BCUT2D eigenvalue weighted by Gasteiger charge is 2.25. The summed E-state index contributed by atoms with van der Waals surface area (Å²) >= 11 is 0. The van der Waals surface area contributed by atoms with Crippen molar-refractivity contribution in [2.45, 2.75) is 53.1 Å². The van der Waals surface area contributed by atoms with Gasteiger partial charge in [0.1, 0.15) is 5.78 Å². The summed E-state index contributed by atoms with van der Waals surface area (Å²) in [5, 5.41) is 0. The number of piperidine rings is 1. The van der Waals surface area contributed by atoms with Gasteiger partial charge in [0.2, 0.25) is 0 Å². The molecule has 6 nitrogen and oxygen atoms in total. The number of likely N-dealkylation sites (tertiary alicyclic amines) is 1. The van der Waals surface area contributed by atoms with Crippen molar-refractivity contribution in [2.24, 2.45) is 11.8 Å².